The third-order valence-corrected chi connectivity index (χ3v) is 4.34. The van der Waals surface area contributed by atoms with Crippen LogP contribution in [0, 0.1) is 22.7 Å². The van der Waals surface area contributed by atoms with Crippen molar-refractivity contribution >= 4 is 17.5 Å². The lowest BCUT2D eigenvalue weighted by molar-refractivity contribution is -0.696. The number of nitrogens with zero attached hydrogens (tertiary/aromatic N) is 4. The van der Waals surface area contributed by atoms with E-state index in [1.807, 2.05) is 0 Å². The Balaban J connectivity index is 0.00000512. The van der Waals surface area contributed by atoms with Crippen LogP contribution in [-0.4, -0.2) is 33.6 Å². The maximum atomic E-state index is 10.6. The summed E-state index contributed by atoms with van der Waals surface area (Å²) in [5, 5.41) is 36.3. The molecule has 0 radical (unpaired) electrons. The van der Waals surface area contributed by atoms with Gasteiger partial charge in [0.1, 0.15) is 6.42 Å². The molecule has 0 aliphatic carbocycles. The number of halogens is 1. The van der Waals surface area contributed by atoms with E-state index >= 15 is 0 Å². The summed E-state index contributed by atoms with van der Waals surface area (Å²) in [4.78, 5) is 23.0. The van der Waals surface area contributed by atoms with Gasteiger partial charge in [0.05, 0.1) is 29.7 Å². The Morgan fingerprint density at radius 1 is 1.03 bits per heavy atom. The summed E-state index contributed by atoms with van der Waals surface area (Å²) in [6, 6.07) is 7.68. The maximum absolute atomic E-state index is 10.6. The molecule has 0 aromatic carbocycles. The summed E-state index contributed by atoms with van der Waals surface area (Å²) in [6.45, 7) is 0.685. The molecule has 0 amide bonds. The molecule has 0 unspecified atom stereocenters. The number of aliphatic carboxylic acids is 2. The summed E-state index contributed by atoms with van der Waals surface area (Å²) in [5.74, 6) is -1.75. The molecule has 2 heterocycles. The zero-order chi connectivity index (χ0) is 22.6. The van der Waals surface area contributed by atoms with Gasteiger partial charge in [0.15, 0.2) is 18.9 Å². The number of rotatable bonds is 9. The van der Waals surface area contributed by atoms with E-state index in [1.165, 1.54) is 0 Å². The number of hydrogen-bond donors (Lipinski definition) is 2. The predicted octanol–water partition coefficient (Wildman–Crippen LogP) is -0.446. The Bertz CT molecular complexity index is 1050. The van der Waals surface area contributed by atoms with Gasteiger partial charge in [0, 0.05) is 36.6 Å². The molecule has 0 spiro atoms. The molecule has 1 aromatic heterocycles. The summed E-state index contributed by atoms with van der Waals surface area (Å²) < 4.78 is 1.72. The first-order chi connectivity index (χ1) is 14.9. The highest BCUT2D eigenvalue weighted by atomic mass is 127. The standard InChI is InChI=1S/C23H20N4O4.HI/c24-16-20(18-4-10-26(11-5-18)14-8-22(28)29)2-1-3-21(17-25)19-6-12-27(13-7-19)15-9-23(30)31;/h1-7,10-13H,8-9,14-15H2,(H-,28,29,30,31);1H. The fraction of sp³-hybridized carbons (Fsp3) is 0.174. The Morgan fingerprint density at radius 2 is 1.66 bits per heavy atom. The average Bonchev–Trinajstić information content (AvgIpc) is 2.77. The number of allylic oxidation sites excluding steroid dienone is 8. The molecule has 1 aromatic rings. The number of carboxylic acids is 2. The van der Waals surface area contributed by atoms with E-state index in [4.69, 9.17) is 10.2 Å². The molecule has 0 fully saturated rings. The smallest absolute Gasteiger partial charge is 0.309 e. The van der Waals surface area contributed by atoms with Gasteiger partial charge in [-0.15, -0.1) is 0 Å². The van der Waals surface area contributed by atoms with Crippen molar-refractivity contribution in [2.45, 2.75) is 19.4 Å². The molecule has 1 aliphatic rings. The van der Waals surface area contributed by atoms with Crippen LogP contribution >= 0.6 is 0 Å². The number of aromatic nitrogens is 1. The zero-order valence-electron chi connectivity index (χ0n) is 17.1. The van der Waals surface area contributed by atoms with Gasteiger partial charge in [-0.3, -0.25) is 9.59 Å². The molecule has 164 valence electrons. The third kappa shape index (κ3) is 8.58. The Morgan fingerprint density at radius 3 is 2.19 bits per heavy atom. The van der Waals surface area contributed by atoms with Gasteiger partial charge in [-0.05, 0) is 29.9 Å². The van der Waals surface area contributed by atoms with Crippen LogP contribution in [0.15, 0.2) is 78.5 Å². The fourth-order valence-corrected chi connectivity index (χ4v) is 2.66. The van der Waals surface area contributed by atoms with Crippen molar-refractivity contribution in [1.82, 2.24) is 4.90 Å². The largest absolute Gasteiger partial charge is 1.00 e. The highest BCUT2D eigenvalue weighted by Gasteiger charge is 2.08. The van der Waals surface area contributed by atoms with Crippen molar-refractivity contribution in [1.29, 1.82) is 10.5 Å². The van der Waals surface area contributed by atoms with Gasteiger partial charge in [0.25, 0.3) is 0 Å². The number of carboxylic acid groups (broad SMARTS) is 2. The maximum Gasteiger partial charge on any atom is 0.309 e. The van der Waals surface area contributed by atoms with E-state index in [-0.39, 0.29) is 36.8 Å². The second kappa shape index (κ2) is 13.6. The molecule has 0 atom stereocenters. The zero-order valence-corrected chi connectivity index (χ0v) is 19.2. The van der Waals surface area contributed by atoms with Crippen LogP contribution in [0.3, 0.4) is 0 Å². The van der Waals surface area contributed by atoms with Crippen molar-refractivity contribution in [3.05, 3.63) is 84.0 Å². The first-order valence-electron chi connectivity index (χ1n) is 9.41. The SMILES string of the molecule is N#CC(/C=C/C=C(\C#N)c1cc[n+](CCC(=O)O)cc1)=C1C=CN(CCC(=O)O)C=C1.[I-]. The van der Waals surface area contributed by atoms with E-state index in [1.54, 1.807) is 76.8 Å². The minimum absolute atomic E-state index is 0. The molecule has 32 heavy (non-hydrogen) atoms. The molecular weight excluding hydrogens is 523 g/mol. The van der Waals surface area contributed by atoms with E-state index in [9.17, 15) is 20.1 Å². The van der Waals surface area contributed by atoms with Crippen LogP contribution in [0.2, 0.25) is 0 Å². The Kier molecular flexibility index (Phi) is 11.2. The minimum Gasteiger partial charge on any atom is -1.00 e. The van der Waals surface area contributed by atoms with Crippen LogP contribution in [0.5, 0.6) is 0 Å². The lowest BCUT2D eigenvalue weighted by atomic mass is 10.1. The molecule has 0 saturated heterocycles. The highest BCUT2D eigenvalue weighted by Crippen LogP contribution is 2.16. The predicted molar refractivity (Wildman–Crippen MR) is 111 cm³/mol. The van der Waals surface area contributed by atoms with Crippen molar-refractivity contribution < 1.29 is 48.3 Å². The lowest BCUT2D eigenvalue weighted by Gasteiger charge is -2.17. The van der Waals surface area contributed by atoms with E-state index in [0.29, 0.717) is 35.4 Å². The summed E-state index contributed by atoms with van der Waals surface area (Å²) >= 11 is 0. The molecule has 8 nitrogen and oxygen atoms in total. The summed E-state index contributed by atoms with van der Waals surface area (Å²) in [5.41, 5.74) is 2.16. The lowest BCUT2D eigenvalue weighted by Crippen LogP contribution is -3.00. The molecule has 9 heteroatoms. The molecule has 2 rings (SSSR count). The topological polar surface area (TPSA) is 129 Å². The summed E-state index contributed by atoms with van der Waals surface area (Å²) in [6.07, 6.45) is 15.2. The van der Waals surface area contributed by atoms with Gasteiger partial charge in [-0.25, -0.2) is 4.57 Å². The average molecular weight is 544 g/mol. The van der Waals surface area contributed by atoms with Gasteiger partial charge >= 0.3 is 11.9 Å². The van der Waals surface area contributed by atoms with E-state index in [2.05, 4.69) is 12.1 Å². The van der Waals surface area contributed by atoms with Crippen LogP contribution in [0.1, 0.15) is 18.4 Å². The van der Waals surface area contributed by atoms with Gasteiger partial charge in [0.2, 0.25) is 0 Å². The Hall–Kier alpha value is -3.70. The molecule has 0 bridgehead atoms. The number of carbonyl (C=O) groups is 2. The highest BCUT2D eigenvalue weighted by molar-refractivity contribution is 5.77. The van der Waals surface area contributed by atoms with Gasteiger partial charge in [-0.2, -0.15) is 10.5 Å². The number of nitriles is 2. The molecule has 1 aliphatic heterocycles. The normalized spacial score (nSPS) is 12.8. The number of aryl methyl sites for hydroxylation is 1. The van der Waals surface area contributed by atoms with Gasteiger partial charge < -0.3 is 39.1 Å². The van der Waals surface area contributed by atoms with Gasteiger partial charge in [-0.1, -0.05) is 6.08 Å². The fourth-order valence-electron chi connectivity index (χ4n) is 2.66. The first kappa shape index (κ1) is 26.3. The van der Waals surface area contributed by atoms with Crippen LogP contribution in [0.4, 0.5) is 0 Å². The second-order valence-corrected chi connectivity index (χ2v) is 6.51. The van der Waals surface area contributed by atoms with Crippen LogP contribution < -0.4 is 28.5 Å². The minimum atomic E-state index is -0.877. The first-order valence-corrected chi connectivity index (χ1v) is 9.41. The van der Waals surface area contributed by atoms with Crippen molar-refractivity contribution in [3.8, 4) is 12.1 Å². The summed E-state index contributed by atoms with van der Waals surface area (Å²) in [7, 11) is 0. The molecule has 2 N–H and O–H groups in total. The van der Waals surface area contributed by atoms with Crippen LogP contribution in [-0.2, 0) is 16.1 Å². The monoisotopic (exact) mass is 544 g/mol. The third-order valence-electron chi connectivity index (χ3n) is 4.34. The quantitative estimate of drug-likeness (QED) is 0.187. The number of hydrogen-bond acceptors (Lipinski definition) is 5. The molecular formula is C23H21IN4O4. The van der Waals surface area contributed by atoms with E-state index < -0.39 is 11.9 Å². The van der Waals surface area contributed by atoms with Crippen molar-refractivity contribution in [2.24, 2.45) is 0 Å². The van der Waals surface area contributed by atoms with Crippen LogP contribution in [0.25, 0.3) is 5.57 Å². The number of pyridine rings is 1. The van der Waals surface area contributed by atoms with E-state index in [0.717, 1.165) is 0 Å². The molecule has 0 saturated carbocycles. The van der Waals surface area contributed by atoms with Crippen molar-refractivity contribution in [3.63, 3.8) is 0 Å². The van der Waals surface area contributed by atoms with Crippen molar-refractivity contribution in [2.75, 3.05) is 6.54 Å². The second-order valence-electron chi connectivity index (χ2n) is 6.51. The Labute approximate surface area is 203 Å².